The Morgan fingerprint density at radius 1 is 1.41 bits per heavy atom. The van der Waals surface area contributed by atoms with Crippen molar-refractivity contribution in [1.82, 2.24) is 15.2 Å². The van der Waals surface area contributed by atoms with Crippen molar-refractivity contribution in [3.63, 3.8) is 0 Å². The van der Waals surface area contributed by atoms with Crippen molar-refractivity contribution in [2.24, 2.45) is 0 Å². The van der Waals surface area contributed by atoms with Crippen LogP contribution in [-0.4, -0.2) is 35.6 Å². The smallest absolute Gasteiger partial charge is 0.0544 e. The van der Waals surface area contributed by atoms with Gasteiger partial charge in [0.2, 0.25) is 0 Å². The van der Waals surface area contributed by atoms with Crippen molar-refractivity contribution in [3.05, 3.63) is 30.1 Å². The Kier molecular flexibility index (Phi) is 4.95. The lowest BCUT2D eigenvalue weighted by Crippen LogP contribution is -2.40. The molecule has 0 radical (unpaired) electrons. The Balaban J connectivity index is 1.95. The molecule has 0 spiro atoms. The van der Waals surface area contributed by atoms with Crippen LogP contribution in [0.15, 0.2) is 24.4 Å². The van der Waals surface area contributed by atoms with E-state index in [9.17, 15) is 0 Å². The maximum atomic E-state index is 4.42. The lowest BCUT2D eigenvalue weighted by atomic mass is 10.1. The molecule has 0 saturated carbocycles. The fourth-order valence-electron chi connectivity index (χ4n) is 2.51. The zero-order valence-corrected chi connectivity index (χ0v) is 10.7. The monoisotopic (exact) mass is 233 g/mol. The Hall–Kier alpha value is -0.930. The van der Waals surface area contributed by atoms with E-state index in [1.54, 1.807) is 0 Å². The van der Waals surface area contributed by atoms with Gasteiger partial charge in [0.05, 0.1) is 5.69 Å². The summed E-state index contributed by atoms with van der Waals surface area (Å²) in [5.41, 5.74) is 1.18. The van der Waals surface area contributed by atoms with Crippen LogP contribution in [0.3, 0.4) is 0 Å². The second-order valence-corrected chi connectivity index (χ2v) is 4.74. The first-order valence-electron chi connectivity index (χ1n) is 6.75. The van der Waals surface area contributed by atoms with Crippen LogP contribution in [0.4, 0.5) is 0 Å². The van der Waals surface area contributed by atoms with Crippen LogP contribution in [0.5, 0.6) is 0 Å². The largest absolute Gasteiger partial charge is 0.315 e. The van der Waals surface area contributed by atoms with Crippen LogP contribution in [0.1, 0.15) is 31.9 Å². The molecule has 1 atom stereocenters. The summed E-state index contributed by atoms with van der Waals surface area (Å²) in [7, 11) is 0. The van der Waals surface area contributed by atoms with Crippen LogP contribution in [0, 0.1) is 0 Å². The van der Waals surface area contributed by atoms with E-state index >= 15 is 0 Å². The summed E-state index contributed by atoms with van der Waals surface area (Å²) in [6.07, 6.45) is 5.86. The molecule has 0 bridgehead atoms. The molecule has 1 unspecified atom stereocenters. The maximum absolute atomic E-state index is 4.42. The summed E-state index contributed by atoms with van der Waals surface area (Å²) in [5, 5.41) is 3.54. The topological polar surface area (TPSA) is 28.2 Å². The van der Waals surface area contributed by atoms with Gasteiger partial charge in [-0.1, -0.05) is 19.4 Å². The number of nitrogens with one attached hydrogen (secondary N) is 1. The highest BCUT2D eigenvalue weighted by Gasteiger charge is 2.18. The van der Waals surface area contributed by atoms with E-state index in [0.717, 1.165) is 19.6 Å². The zero-order chi connectivity index (χ0) is 11.9. The molecule has 17 heavy (non-hydrogen) atoms. The summed E-state index contributed by atoms with van der Waals surface area (Å²) in [6.45, 7) is 6.62. The highest BCUT2D eigenvalue weighted by atomic mass is 15.2. The van der Waals surface area contributed by atoms with E-state index in [0.29, 0.717) is 6.04 Å². The van der Waals surface area contributed by atoms with Gasteiger partial charge >= 0.3 is 0 Å². The van der Waals surface area contributed by atoms with Gasteiger partial charge in [-0.05, 0) is 38.1 Å². The fraction of sp³-hybridized carbons (Fsp3) is 0.643. The van der Waals surface area contributed by atoms with Gasteiger partial charge in [0.25, 0.3) is 0 Å². The molecule has 1 aliphatic rings. The summed E-state index contributed by atoms with van der Waals surface area (Å²) < 4.78 is 0. The minimum atomic E-state index is 0.671. The first-order valence-corrected chi connectivity index (χ1v) is 6.75. The molecule has 3 heteroatoms. The number of likely N-dealkylation sites (N-methyl/N-ethyl adjacent to an activating group) is 1. The first-order chi connectivity index (χ1) is 8.40. The van der Waals surface area contributed by atoms with E-state index in [1.165, 1.54) is 31.5 Å². The molecule has 1 N–H and O–H groups in total. The number of hydrogen-bond donors (Lipinski definition) is 1. The Morgan fingerprint density at radius 3 is 3.12 bits per heavy atom. The van der Waals surface area contributed by atoms with Crippen LogP contribution in [-0.2, 0) is 6.54 Å². The van der Waals surface area contributed by atoms with Crippen LogP contribution < -0.4 is 5.32 Å². The van der Waals surface area contributed by atoms with Gasteiger partial charge in [-0.25, -0.2) is 0 Å². The van der Waals surface area contributed by atoms with Crippen LogP contribution >= 0.6 is 0 Å². The highest BCUT2D eigenvalue weighted by molar-refractivity contribution is 5.03. The molecular formula is C14H23N3. The van der Waals surface area contributed by atoms with Gasteiger partial charge in [0.15, 0.2) is 0 Å². The van der Waals surface area contributed by atoms with E-state index in [2.05, 4.69) is 34.3 Å². The van der Waals surface area contributed by atoms with Gasteiger partial charge < -0.3 is 5.32 Å². The predicted octanol–water partition coefficient (Wildman–Crippen LogP) is 2.05. The lowest BCUT2D eigenvalue weighted by molar-refractivity contribution is 0.186. The molecule has 1 aromatic heterocycles. The molecule has 1 aromatic rings. The third kappa shape index (κ3) is 3.79. The Labute approximate surface area is 104 Å². The van der Waals surface area contributed by atoms with Crippen molar-refractivity contribution in [1.29, 1.82) is 0 Å². The average Bonchev–Trinajstić information content (AvgIpc) is 2.66. The Bertz CT molecular complexity index is 305. The molecule has 2 heterocycles. The van der Waals surface area contributed by atoms with Crippen LogP contribution in [0.2, 0.25) is 0 Å². The van der Waals surface area contributed by atoms with Gasteiger partial charge in [-0.15, -0.1) is 0 Å². The van der Waals surface area contributed by atoms with Crippen LogP contribution in [0.25, 0.3) is 0 Å². The van der Waals surface area contributed by atoms with E-state index in [-0.39, 0.29) is 0 Å². The van der Waals surface area contributed by atoms with Gasteiger partial charge in [0, 0.05) is 25.3 Å². The molecule has 1 aliphatic heterocycles. The van der Waals surface area contributed by atoms with Crippen molar-refractivity contribution in [2.45, 2.75) is 38.8 Å². The number of pyridine rings is 1. The van der Waals surface area contributed by atoms with Crippen molar-refractivity contribution >= 4 is 0 Å². The molecule has 0 aliphatic carbocycles. The minimum Gasteiger partial charge on any atom is -0.315 e. The van der Waals surface area contributed by atoms with Crippen molar-refractivity contribution < 1.29 is 0 Å². The van der Waals surface area contributed by atoms with Crippen molar-refractivity contribution in [2.75, 3.05) is 19.6 Å². The third-order valence-electron chi connectivity index (χ3n) is 3.53. The number of nitrogens with zero attached hydrogens (tertiary/aromatic N) is 2. The molecule has 3 nitrogen and oxygen atoms in total. The lowest BCUT2D eigenvalue weighted by Gasteiger charge is -2.29. The SMILES string of the molecule is CCN(Cc1ccccn1)C1CCCCNC1. The average molecular weight is 233 g/mol. The summed E-state index contributed by atoms with van der Waals surface area (Å²) >= 11 is 0. The van der Waals surface area contributed by atoms with Gasteiger partial charge in [0.1, 0.15) is 0 Å². The molecular weight excluding hydrogens is 210 g/mol. The number of aromatic nitrogens is 1. The van der Waals surface area contributed by atoms with Gasteiger partial charge in [-0.3, -0.25) is 9.88 Å². The van der Waals surface area contributed by atoms with E-state index in [4.69, 9.17) is 0 Å². The molecule has 1 saturated heterocycles. The van der Waals surface area contributed by atoms with E-state index in [1.807, 2.05) is 12.3 Å². The fourth-order valence-corrected chi connectivity index (χ4v) is 2.51. The number of hydrogen-bond acceptors (Lipinski definition) is 3. The predicted molar refractivity (Wildman–Crippen MR) is 70.8 cm³/mol. The summed E-state index contributed by atoms with van der Waals surface area (Å²) in [6, 6.07) is 6.84. The summed E-state index contributed by atoms with van der Waals surface area (Å²) in [5.74, 6) is 0. The molecule has 0 amide bonds. The van der Waals surface area contributed by atoms with Gasteiger partial charge in [-0.2, -0.15) is 0 Å². The minimum absolute atomic E-state index is 0.671. The second-order valence-electron chi connectivity index (χ2n) is 4.74. The summed E-state index contributed by atoms with van der Waals surface area (Å²) in [4.78, 5) is 6.97. The van der Waals surface area contributed by atoms with E-state index < -0.39 is 0 Å². The zero-order valence-electron chi connectivity index (χ0n) is 10.7. The third-order valence-corrected chi connectivity index (χ3v) is 3.53. The quantitative estimate of drug-likeness (QED) is 0.862. The molecule has 0 aromatic carbocycles. The molecule has 2 rings (SSSR count). The normalized spacial score (nSPS) is 21.4. The Morgan fingerprint density at radius 2 is 2.35 bits per heavy atom. The first kappa shape index (κ1) is 12.5. The molecule has 1 fully saturated rings. The number of rotatable bonds is 4. The second kappa shape index (κ2) is 6.72. The standard InChI is InChI=1S/C14H23N3/c1-2-17(12-13-7-3-6-10-16-13)14-8-4-5-9-15-11-14/h3,6-7,10,14-15H,2,4-5,8-9,11-12H2,1H3. The maximum Gasteiger partial charge on any atom is 0.0544 e. The van der Waals surface area contributed by atoms with Crippen molar-refractivity contribution in [3.8, 4) is 0 Å². The molecule has 94 valence electrons. The highest BCUT2D eigenvalue weighted by Crippen LogP contribution is 2.13.